The minimum atomic E-state index is -4.54. The molecular formula is C22H16Cl2F3NO2. The van der Waals surface area contributed by atoms with Gasteiger partial charge in [0.1, 0.15) is 0 Å². The van der Waals surface area contributed by atoms with Gasteiger partial charge in [0.05, 0.1) is 15.6 Å². The molecule has 0 aromatic heterocycles. The van der Waals surface area contributed by atoms with Crippen molar-refractivity contribution in [3.05, 3.63) is 74.9 Å². The van der Waals surface area contributed by atoms with Gasteiger partial charge in [-0.15, -0.1) is 0 Å². The lowest BCUT2D eigenvalue weighted by atomic mass is 9.77. The zero-order chi connectivity index (χ0) is 21.6. The van der Waals surface area contributed by atoms with Crippen molar-refractivity contribution in [1.29, 1.82) is 0 Å². The number of Topliss-reactive ketones (excluding diaryl/α,β-unsaturated/α-hetero) is 1. The lowest BCUT2D eigenvalue weighted by Gasteiger charge is -2.38. The van der Waals surface area contributed by atoms with Crippen LogP contribution in [0.4, 0.5) is 18.9 Å². The minimum absolute atomic E-state index is 0.0825. The van der Waals surface area contributed by atoms with Crippen LogP contribution < -0.4 is 4.90 Å². The molecule has 8 heteroatoms. The van der Waals surface area contributed by atoms with E-state index in [1.54, 1.807) is 18.2 Å². The van der Waals surface area contributed by atoms with Crippen LogP contribution in [-0.2, 0) is 15.8 Å². The molecule has 3 nitrogen and oxygen atoms in total. The number of allylic oxidation sites excluding steroid dienone is 2. The van der Waals surface area contributed by atoms with Gasteiger partial charge in [0.25, 0.3) is 0 Å². The van der Waals surface area contributed by atoms with Gasteiger partial charge in [-0.3, -0.25) is 14.5 Å². The summed E-state index contributed by atoms with van der Waals surface area (Å²) in [6, 6.07) is 9.63. The summed E-state index contributed by atoms with van der Waals surface area (Å²) < 4.78 is 39.6. The Balaban J connectivity index is 1.88. The summed E-state index contributed by atoms with van der Waals surface area (Å²) in [7, 11) is 0. The van der Waals surface area contributed by atoms with Crippen molar-refractivity contribution < 1.29 is 22.8 Å². The number of hydrogen-bond donors (Lipinski definition) is 0. The van der Waals surface area contributed by atoms with Crippen LogP contribution in [0.3, 0.4) is 0 Å². The largest absolute Gasteiger partial charge is 0.416 e. The number of alkyl halides is 3. The van der Waals surface area contributed by atoms with Gasteiger partial charge in [0.15, 0.2) is 5.78 Å². The molecule has 0 bridgehead atoms. The topological polar surface area (TPSA) is 37.4 Å². The van der Waals surface area contributed by atoms with Crippen molar-refractivity contribution >= 4 is 40.6 Å². The van der Waals surface area contributed by atoms with E-state index < -0.39 is 17.7 Å². The van der Waals surface area contributed by atoms with Gasteiger partial charge in [-0.2, -0.15) is 13.2 Å². The molecular weight excluding hydrogens is 438 g/mol. The number of ketones is 1. The Labute approximate surface area is 181 Å². The van der Waals surface area contributed by atoms with Gasteiger partial charge in [-0.25, -0.2) is 0 Å². The molecule has 0 spiro atoms. The number of anilines is 1. The van der Waals surface area contributed by atoms with Crippen LogP contribution in [0.25, 0.3) is 0 Å². The van der Waals surface area contributed by atoms with Crippen molar-refractivity contribution in [3.8, 4) is 0 Å². The Bertz CT molecular complexity index is 1080. The molecule has 2 aromatic carbocycles. The Kier molecular flexibility index (Phi) is 5.41. The summed E-state index contributed by atoms with van der Waals surface area (Å²) in [4.78, 5) is 27.2. The quantitative estimate of drug-likeness (QED) is 0.517. The Morgan fingerprint density at radius 1 is 1.00 bits per heavy atom. The average molecular weight is 454 g/mol. The van der Waals surface area contributed by atoms with E-state index in [-0.39, 0.29) is 28.8 Å². The van der Waals surface area contributed by atoms with E-state index in [9.17, 15) is 22.8 Å². The summed E-state index contributed by atoms with van der Waals surface area (Å²) >= 11 is 12.5. The van der Waals surface area contributed by atoms with Crippen molar-refractivity contribution in [2.45, 2.75) is 37.8 Å². The second-order valence-electron chi connectivity index (χ2n) is 7.31. The lowest BCUT2D eigenvalue weighted by molar-refractivity contribution is -0.137. The Hall–Kier alpha value is -2.31. The maximum absolute atomic E-state index is 13.2. The van der Waals surface area contributed by atoms with Gasteiger partial charge in [0, 0.05) is 35.7 Å². The number of benzene rings is 2. The first kappa shape index (κ1) is 20.9. The zero-order valence-electron chi connectivity index (χ0n) is 15.6. The molecule has 30 heavy (non-hydrogen) atoms. The van der Waals surface area contributed by atoms with Crippen molar-refractivity contribution in [2.24, 2.45) is 0 Å². The van der Waals surface area contributed by atoms with Gasteiger partial charge in [-0.1, -0.05) is 41.4 Å². The normalized spacial score (nSPS) is 19.9. The molecule has 0 saturated heterocycles. The molecule has 0 radical (unpaired) electrons. The highest BCUT2D eigenvalue weighted by molar-refractivity contribution is 6.42. The van der Waals surface area contributed by atoms with Gasteiger partial charge in [0.2, 0.25) is 5.91 Å². The third-order valence-corrected chi connectivity index (χ3v) is 6.30. The van der Waals surface area contributed by atoms with Crippen molar-refractivity contribution in [1.82, 2.24) is 0 Å². The van der Waals surface area contributed by atoms with Crippen LogP contribution in [0.1, 0.15) is 42.7 Å². The molecule has 1 unspecified atom stereocenters. The van der Waals surface area contributed by atoms with Crippen LogP contribution in [0.5, 0.6) is 0 Å². The van der Waals surface area contributed by atoms with E-state index in [1.807, 2.05) is 0 Å². The first-order chi connectivity index (χ1) is 14.2. The summed E-state index contributed by atoms with van der Waals surface area (Å²) in [6.07, 6.45) is -3.36. The smallest absolute Gasteiger partial charge is 0.294 e. The van der Waals surface area contributed by atoms with Crippen LogP contribution in [0, 0.1) is 0 Å². The SMILES string of the molecule is O=C1CCCC2=C1C(c1cccc(Cl)c1Cl)CC(=O)N2c1cccc(C(F)(F)F)c1. The first-order valence-electron chi connectivity index (χ1n) is 9.39. The molecule has 1 amide bonds. The van der Waals surface area contributed by atoms with Gasteiger partial charge in [-0.05, 0) is 42.7 Å². The molecule has 1 aliphatic carbocycles. The second kappa shape index (κ2) is 7.75. The molecule has 1 atom stereocenters. The summed E-state index contributed by atoms with van der Waals surface area (Å²) in [5, 5.41) is 0.585. The summed E-state index contributed by atoms with van der Waals surface area (Å²) in [6.45, 7) is 0. The number of carbonyl (C=O) groups excluding carboxylic acids is 2. The van der Waals surface area contributed by atoms with E-state index in [4.69, 9.17) is 23.2 Å². The fourth-order valence-electron chi connectivity index (χ4n) is 4.17. The lowest BCUT2D eigenvalue weighted by Crippen LogP contribution is -2.40. The van der Waals surface area contributed by atoms with E-state index in [2.05, 4.69) is 0 Å². The predicted octanol–water partition coefficient (Wildman–Crippen LogP) is 6.54. The third kappa shape index (κ3) is 3.63. The monoisotopic (exact) mass is 453 g/mol. The second-order valence-corrected chi connectivity index (χ2v) is 8.10. The van der Waals surface area contributed by atoms with Crippen molar-refractivity contribution in [3.63, 3.8) is 0 Å². The van der Waals surface area contributed by atoms with E-state index in [0.29, 0.717) is 41.1 Å². The van der Waals surface area contributed by atoms with E-state index >= 15 is 0 Å². The molecule has 4 rings (SSSR count). The van der Waals surface area contributed by atoms with Crippen LogP contribution in [0.15, 0.2) is 53.7 Å². The van der Waals surface area contributed by atoms with E-state index in [1.165, 1.54) is 17.0 Å². The fraction of sp³-hybridized carbons (Fsp3) is 0.273. The third-order valence-electron chi connectivity index (χ3n) is 5.46. The maximum atomic E-state index is 13.2. The Morgan fingerprint density at radius 3 is 2.47 bits per heavy atom. The number of carbonyl (C=O) groups is 2. The number of nitrogens with zero attached hydrogens (tertiary/aromatic N) is 1. The number of amides is 1. The first-order valence-corrected chi connectivity index (χ1v) is 10.1. The molecule has 0 fully saturated rings. The molecule has 0 N–H and O–H groups in total. The van der Waals surface area contributed by atoms with E-state index in [0.717, 1.165) is 12.1 Å². The number of rotatable bonds is 2. The zero-order valence-corrected chi connectivity index (χ0v) is 17.1. The van der Waals surface area contributed by atoms with Crippen LogP contribution in [-0.4, -0.2) is 11.7 Å². The highest BCUT2D eigenvalue weighted by atomic mass is 35.5. The average Bonchev–Trinajstić information content (AvgIpc) is 2.69. The molecule has 1 aliphatic heterocycles. The fourth-order valence-corrected chi connectivity index (χ4v) is 4.61. The van der Waals surface area contributed by atoms with Gasteiger partial charge >= 0.3 is 6.18 Å². The molecule has 1 heterocycles. The van der Waals surface area contributed by atoms with Gasteiger partial charge < -0.3 is 0 Å². The minimum Gasteiger partial charge on any atom is -0.294 e. The number of halogens is 5. The van der Waals surface area contributed by atoms with Crippen LogP contribution >= 0.6 is 23.2 Å². The van der Waals surface area contributed by atoms with Crippen molar-refractivity contribution in [2.75, 3.05) is 4.90 Å². The summed E-state index contributed by atoms with van der Waals surface area (Å²) in [5.41, 5.74) is 0.707. The highest BCUT2D eigenvalue weighted by Crippen LogP contribution is 2.46. The standard InChI is InChI=1S/C22H16Cl2F3NO2/c23-16-7-2-6-14(21(16)24)15-11-19(30)28(17-8-3-9-18(29)20(15)17)13-5-1-4-12(10-13)22(25,26)27/h1-2,4-7,10,15H,3,8-9,11H2. The molecule has 2 aromatic rings. The highest BCUT2D eigenvalue weighted by Gasteiger charge is 2.41. The summed E-state index contributed by atoms with van der Waals surface area (Å²) in [5.74, 6) is -1.08. The molecule has 156 valence electrons. The van der Waals surface area contributed by atoms with Crippen LogP contribution in [0.2, 0.25) is 10.0 Å². The predicted molar refractivity (Wildman–Crippen MR) is 109 cm³/mol. The maximum Gasteiger partial charge on any atom is 0.416 e. The molecule has 2 aliphatic rings. The number of hydrogen-bond acceptors (Lipinski definition) is 2. The molecule has 0 saturated carbocycles. The Morgan fingerprint density at radius 2 is 1.73 bits per heavy atom.